The van der Waals surface area contributed by atoms with Gasteiger partial charge in [0.1, 0.15) is 12.2 Å². The molecule has 0 N–H and O–H groups in total. The average Bonchev–Trinajstić information content (AvgIpc) is 2.65. The number of esters is 1. The van der Waals surface area contributed by atoms with Crippen LogP contribution in [0.15, 0.2) is 36.9 Å². The van der Waals surface area contributed by atoms with Gasteiger partial charge in [-0.25, -0.2) is 4.79 Å². The van der Waals surface area contributed by atoms with Crippen LogP contribution in [-0.2, 0) is 23.7 Å². The van der Waals surface area contributed by atoms with Crippen LogP contribution >= 0.6 is 0 Å². The van der Waals surface area contributed by atoms with Crippen LogP contribution in [0.1, 0.15) is 49.5 Å². The molecule has 0 saturated carbocycles. The Labute approximate surface area is 167 Å². The highest BCUT2D eigenvalue weighted by molar-refractivity contribution is 6.02. The number of carbonyl (C=O) groups excluding carboxylic acids is 2. The molecule has 6 heteroatoms. The third kappa shape index (κ3) is 8.33. The molecule has 0 spiro atoms. The normalized spacial score (nSPS) is 12.6. The van der Waals surface area contributed by atoms with E-state index in [0.29, 0.717) is 12.2 Å². The summed E-state index contributed by atoms with van der Waals surface area (Å²) in [7, 11) is 0. The van der Waals surface area contributed by atoms with E-state index in [1.165, 1.54) is 0 Å². The molecule has 0 aliphatic rings. The standard InChI is InChI=1S/C22H30O6/c1-7-20(23)27-15-13-25-12-14-26-17(4)28-22(5,6)21(24)19-10-8-18(9-11-19)16(2)3/h2,7-11,16-17H,1,12-15H2,3-6H3. The maximum atomic E-state index is 12.7. The van der Waals surface area contributed by atoms with Gasteiger partial charge in [0.25, 0.3) is 0 Å². The Morgan fingerprint density at radius 1 is 1.11 bits per heavy atom. The molecule has 0 aliphatic heterocycles. The van der Waals surface area contributed by atoms with E-state index in [2.05, 4.69) is 6.58 Å². The van der Waals surface area contributed by atoms with Crippen molar-refractivity contribution < 1.29 is 28.5 Å². The Hall–Kier alpha value is -2.02. The molecule has 1 aromatic rings. The lowest BCUT2D eigenvalue weighted by Crippen LogP contribution is -2.39. The van der Waals surface area contributed by atoms with Gasteiger partial charge in [0.15, 0.2) is 12.1 Å². The van der Waals surface area contributed by atoms with E-state index in [1.54, 1.807) is 32.9 Å². The van der Waals surface area contributed by atoms with Gasteiger partial charge in [-0.15, -0.1) is 0 Å². The van der Waals surface area contributed by atoms with Gasteiger partial charge in [0.05, 0.1) is 19.8 Å². The first-order valence-corrected chi connectivity index (χ1v) is 9.24. The van der Waals surface area contributed by atoms with E-state index in [1.807, 2.05) is 19.1 Å². The Bertz CT molecular complexity index is 633. The Morgan fingerprint density at radius 3 is 2.29 bits per heavy atom. The molecular formula is C22H30O6. The van der Waals surface area contributed by atoms with Crippen molar-refractivity contribution in [1.82, 2.24) is 0 Å². The van der Waals surface area contributed by atoms with Crippen molar-refractivity contribution in [3.63, 3.8) is 0 Å². The maximum absolute atomic E-state index is 12.7. The second-order valence-corrected chi connectivity index (χ2v) is 6.79. The fraction of sp³-hybridized carbons (Fsp3) is 0.500. The summed E-state index contributed by atoms with van der Waals surface area (Å²) >= 11 is 0. The van der Waals surface area contributed by atoms with Gasteiger partial charge in [-0.2, -0.15) is 0 Å². The third-order valence-electron chi connectivity index (χ3n) is 3.92. The van der Waals surface area contributed by atoms with E-state index in [-0.39, 0.29) is 31.5 Å². The van der Waals surface area contributed by atoms with Crippen molar-refractivity contribution in [2.45, 2.75) is 45.5 Å². The molecule has 0 heterocycles. The van der Waals surface area contributed by atoms with Crippen LogP contribution in [0.25, 0.3) is 0 Å². The van der Waals surface area contributed by atoms with Crippen LogP contribution in [0.3, 0.4) is 0 Å². The highest BCUT2D eigenvalue weighted by Crippen LogP contribution is 2.21. The lowest BCUT2D eigenvalue weighted by molar-refractivity contribution is -0.180. The van der Waals surface area contributed by atoms with Gasteiger partial charge in [0.2, 0.25) is 0 Å². The number of benzene rings is 1. The number of ether oxygens (including phenoxy) is 4. The summed E-state index contributed by atoms with van der Waals surface area (Å²) in [4.78, 5) is 23.6. The molecule has 0 bridgehead atoms. The lowest BCUT2D eigenvalue weighted by Gasteiger charge is -2.28. The molecule has 1 aromatic carbocycles. The number of carbonyl (C=O) groups is 2. The first-order valence-electron chi connectivity index (χ1n) is 9.24. The maximum Gasteiger partial charge on any atom is 0.330 e. The SMILES string of the molecule is [CH]C(C)c1ccc(C(=O)C(C)(C)OC(C)OCCOCCOC(=O)C=C)cc1. The first kappa shape index (κ1) is 24.0. The highest BCUT2D eigenvalue weighted by Gasteiger charge is 2.31. The fourth-order valence-electron chi connectivity index (χ4n) is 2.42. The molecule has 0 amide bonds. The molecule has 2 radical (unpaired) electrons. The van der Waals surface area contributed by atoms with Gasteiger partial charge in [0, 0.05) is 11.6 Å². The van der Waals surface area contributed by atoms with Crippen LogP contribution in [0.5, 0.6) is 0 Å². The van der Waals surface area contributed by atoms with Crippen LogP contribution in [0.2, 0.25) is 0 Å². The quantitative estimate of drug-likeness (QED) is 0.169. The number of Topliss-reactive ketones (excluding diaryl/α,β-unsaturated/α-hetero) is 1. The Morgan fingerprint density at radius 2 is 1.71 bits per heavy atom. The Kier molecular flexibility index (Phi) is 10.1. The molecule has 0 fully saturated rings. The molecule has 154 valence electrons. The zero-order valence-electron chi connectivity index (χ0n) is 17.1. The van der Waals surface area contributed by atoms with Gasteiger partial charge in [-0.05, 0) is 39.2 Å². The van der Waals surface area contributed by atoms with Crippen LogP contribution < -0.4 is 0 Å². The van der Waals surface area contributed by atoms with E-state index in [9.17, 15) is 9.59 Å². The molecule has 6 nitrogen and oxygen atoms in total. The Balaban J connectivity index is 2.36. The molecule has 2 unspecified atom stereocenters. The summed E-state index contributed by atoms with van der Waals surface area (Å²) in [5.74, 6) is -0.710. The topological polar surface area (TPSA) is 71.1 Å². The summed E-state index contributed by atoms with van der Waals surface area (Å²) in [6.07, 6.45) is 0.502. The van der Waals surface area contributed by atoms with E-state index >= 15 is 0 Å². The van der Waals surface area contributed by atoms with Crippen LogP contribution in [0, 0.1) is 6.92 Å². The summed E-state index contributed by atoms with van der Waals surface area (Å²) in [6.45, 7) is 17.2. The minimum Gasteiger partial charge on any atom is -0.460 e. The molecule has 0 aliphatic carbocycles. The lowest BCUT2D eigenvalue weighted by atomic mass is 9.94. The highest BCUT2D eigenvalue weighted by atomic mass is 16.7. The van der Waals surface area contributed by atoms with E-state index < -0.39 is 17.9 Å². The number of hydrogen-bond donors (Lipinski definition) is 0. The smallest absolute Gasteiger partial charge is 0.330 e. The largest absolute Gasteiger partial charge is 0.460 e. The van der Waals surface area contributed by atoms with Gasteiger partial charge in [-0.3, -0.25) is 4.79 Å². The van der Waals surface area contributed by atoms with Crippen molar-refractivity contribution >= 4 is 11.8 Å². The van der Waals surface area contributed by atoms with E-state index in [0.717, 1.165) is 11.6 Å². The number of hydrogen-bond acceptors (Lipinski definition) is 6. The summed E-state index contributed by atoms with van der Waals surface area (Å²) in [5.41, 5.74) is 0.472. The molecule has 0 saturated heterocycles. The second kappa shape index (κ2) is 11.7. The molecular weight excluding hydrogens is 360 g/mol. The zero-order chi connectivity index (χ0) is 21.2. The predicted octanol–water partition coefficient (Wildman–Crippen LogP) is 3.59. The van der Waals surface area contributed by atoms with Crippen molar-refractivity contribution in [1.29, 1.82) is 0 Å². The minimum atomic E-state index is -1.05. The second-order valence-electron chi connectivity index (χ2n) is 6.79. The monoisotopic (exact) mass is 390 g/mol. The summed E-state index contributed by atoms with van der Waals surface area (Å²) < 4.78 is 21.4. The fourth-order valence-corrected chi connectivity index (χ4v) is 2.42. The molecule has 1 rings (SSSR count). The van der Waals surface area contributed by atoms with Crippen molar-refractivity contribution in [2.24, 2.45) is 0 Å². The van der Waals surface area contributed by atoms with Crippen LogP contribution in [0.4, 0.5) is 0 Å². The van der Waals surface area contributed by atoms with Crippen molar-refractivity contribution in [2.75, 3.05) is 26.4 Å². The number of ketones is 1. The first-order chi connectivity index (χ1) is 13.2. The minimum absolute atomic E-state index is 0.0851. The summed E-state index contributed by atoms with van der Waals surface area (Å²) in [5, 5.41) is 0. The van der Waals surface area contributed by atoms with Gasteiger partial charge in [-0.1, -0.05) is 37.8 Å². The predicted molar refractivity (Wildman–Crippen MR) is 106 cm³/mol. The van der Waals surface area contributed by atoms with Gasteiger partial charge >= 0.3 is 5.97 Å². The number of rotatable bonds is 13. The molecule has 0 aromatic heterocycles. The van der Waals surface area contributed by atoms with Crippen LogP contribution in [-0.4, -0.2) is 50.1 Å². The molecule has 28 heavy (non-hydrogen) atoms. The van der Waals surface area contributed by atoms with Crippen molar-refractivity contribution in [3.05, 3.63) is 55.0 Å². The van der Waals surface area contributed by atoms with E-state index in [4.69, 9.17) is 25.9 Å². The third-order valence-corrected chi connectivity index (χ3v) is 3.92. The average molecular weight is 390 g/mol. The molecule has 2 atom stereocenters. The summed E-state index contributed by atoms with van der Waals surface area (Å²) in [6, 6.07) is 7.20. The van der Waals surface area contributed by atoms with Crippen molar-refractivity contribution in [3.8, 4) is 0 Å². The zero-order valence-corrected chi connectivity index (χ0v) is 17.1. The van der Waals surface area contributed by atoms with Gasteiger partial charge < -0.3 is 18.9 Å².